The lowest BCUT2D eigenvalue weighted by Gasteiger charge is -2.33. The third-order valence-corrected chi connectivity index (χ3v) is 5.32. The van der Waals surface area contributed by atoms with E-state index in [2.05, 4.69) is 56.8 Å². The monoisotopic (exact) mass is 380 g/mol. The Kier molecular flexibility index (Phi) is 5.78. The predicted molar refractivity (Wildman–Crippen MR) is 112 cm³/mol. The number of likely N-dealkylation sites (tertiary alicyclic amines) is 1. The number of anilines is 1. The number of hydrogen-bond donors (Lipinski definition) is 3. The number of aliphatic hydroxyl groups excluding tert-OH is 1. The van der Waals surface area contributed by atoms with E-state index in [-0.39, 0.29) is 6.61 Å². The average molecular weight is 380 g/mol. The zero-order chi connectivity index (χ0) is 19.3. The molecule has 3 N–H and O–H groups in total. The SMILES string of the molecule is Cc1ccc(CN2CCC[C@@H](Nc3ccc4[nH]ncc4c3)C2)cc1OCCO. The summed E-state index contributed by atoms with van der Waals surface area (Å²) < 4.78 is 5.66. The van der Waals surface area contributed by atoms with Crippen LogP contribution in [0.15, 0.2) is 42.6 Å². The van der Waals surface area contributed by atoms with Gasteiger partial charge in [0.2, 0.25) is 0 Å². The smallest absolute Gasteiger partial charge is 0.122 e. The Morgan fingerprint density at radius 2 is 2.21 bits per heavy atom. The Labute approximate surface area is 165 Å². The average Bonchev–Trinajstić information content (AvgIpc) is 3.16. The maximum atomic E-state index is 9.00. The first kappa shape index (κ1) is 18.8. The summed E-state index contributed by atoms with van der Waals surface area (Å²) in [6.07, 6.45) is 4.23. The Morgan fingerprint density at radius 1 is 1.29 bits per heavy atom. The van der Waals surface area contributed by atoms with Gasteiger partial charge in [-0.15, -0.1) is 0 Å². The number of piperidine rings is 1. The van der Waals surface area contributed by atoms with E-state index in [1.807, 2.05) is 13.1 Å². The number of aliphatic hydroxyl groups is 1. The molecule has 1 aliphatic rings. The third-order valence-electron chi connectivity index (χ3n) is 5.32. The van der Waals surface area contributed by atoms with Crippen LogP contribution >= 0.6 is 0 Å². The molecule has 1 aliphatic heterocycles. The lowest BCUT2D eigenvalue weighted by molar-refractivity contribution is 0.198. The highest BCUT2D eigenvalue weighted by Gasteiger charge is 2.20. The molecule has 1 fully saturated rings. The van der Waals surface area contributed by atoms with Crippen LogP contribution in [0, 0.1) is 6.92 Å². The van der Waals surface area contributed by atoms with E-state index in [0.717, 1.165) is 47.5 Å². The van der Waals surface area contributed by atoms with Crippen molar-refractivity contribution < 1.29 is 9.84 Å². The number of rotatable bonds is 7. The number of H-pyrrole nitrogens is 1. The van der Waals surface area contributed by atoms with Gasteiger partial charge in [-0.05, 0) is 61.7 Å². The van der Waals surface area contributed by atoms with E-state index >= 15 is 0 Å². The molecule has 1 atom stereocenters. The number of aromatic nitrogens is 2. The second-order valence-electron chi connectivity index (χ2n) is 7.56. The quantitative estimate of drug-likeness (QED) is 0.586. The number of fused-ring (bicyclic) bond motifs is 1. The van der Waals surface area contributed by atoms with Gasteiger partial charge in [0, 0.05) is 30.2 Å². The number of hydrogen-bond acceptors (Lipinski definition) is 5. The van der Waals surface area contributed by atoms with Crippen LogP contribution in [-0.4, -0.2) is 52.5 Å². The minimum absolute atomic E-state index is 0.0355. The summed E-state index contributed by atoms with van der Waals surface area (Å²) in [5.74, 6) is 0.867. The van der Waals surface area contributed by atoms with E-state index in [1.54, 1.807) is 0 Å². The standard InChI is InChI=1S/C22H28N4O2/c1-16-4-5-17(11-22(16)28-10-9-27)14-26-8-2-3-20(15-26)24-19-6-7-21-18(12-19)13-23-25-21/h4-7,11-13,20,24,27H,2-3,8-10,14-15H2,1H3,(H,23,25)/t20-/m1/s1. The van der Waals surface area contributed by atoms with Crippen molar-refractivity contribution in [2.45, 2.75) is 32.4 Å². The topological polar surface area (TPSA) is 73.4 Å². The van der Waals surface area contributed by atoms with E-state index in [0.29, 0.717) is 12.6 Å². The minimum Gasteiger partial charge on any atom is -0.491 e. The molecule has 0 saturated carbocycles. The molecule has 2 heterocycles. The van der Waals surface area contributed by atoms with Gasteiger partial charge in [-0.3, -0.25) is 10.00 Å². The van der Waals surface area contributed by atoms with Crippen LogP contribution in [0.5, 0.6) is 5.75 Å². The van der Waals surface area contributed by atoms with Gasteiger partial charge in [-0.1, -0.05) is 12.1 Å². The Hall–Kier alpha value is -2.57. The van der Waals surface area contributed by atoms with Crippen LogP contribution in [0.2, 0.25) is 0 Å². The van der Waals surface area contributed by atoms with Gasteiger partial charge in [0.1, 0.15) is 12.4 Å². The largest absolute Gasteiger partial charge is 0.491 e. The first-order chi connectivity index (χ1) is 13.7. The molecule has 0 amide bonds. The molecule has 0 radical (unpaired) electrons. The number of aromatic amines is 1. The number of aryl methyl sites for hydroxylation is 1. The van der Waals surface area contributed by atoms with Crippen LogP contribution in [0.3, 0.4) is 0 Å². The fourth-order valence-electron chi connectivity index (χ4n) is 3.90. The lowest BCUT2D eigenvalue weighted by atomic mass is 10.0. The van der Waals surface area contributed by atoms with Crippen molar-refractivity contribution in [1.29, 1.82) is 0 Å². The molecule has 3 aromatic rings. The van der Waals surface area contributed by atoms with Crippen molar-refractivity contribution in [2.24, 2.45) is 0 Å². The highest BCUT2D eigenvalue weighted by molar-refractivity contribution is 5.81. The molecule has 6 heteroatoms. The van der Waals surface area contributed by atoms with Crippen molar-refractivity contribution in [2.75, 3.05) is 31.6 Å². The molecular weight excluding hydrogens is 352 g/mol. The molecule has 28 heavy (non-hydrogen) atoms. The summed E-state index contributed by atoms with van der Waals surface area (Å²) in [7, 11) is 0. The summed E-state index contributed by atoms with van der Waals surface area (Å²) in [4.78, 5) is 2.50. The fraction of sp³-hybridized carbons (Fsp3) is 0.409. The molecule has 1 saturated heterocycles. The van der Waals surface area contributed by atoms with Gasteiger partial charge in [0.05, 0.1) is 18.3 Å². The van der Waals surface area contributed by atoms with Crippen LogP contribution in [-0.2, 0) is 6.54 Å². The van der Waals surface area contributed by atoms with Crippen LogP contribution < -0.4 is 10.1 Å². The second kappa shape index (κ2) is 8.63. The molecule has 0 bridgehead atoms. The molecule has 1 aromatic heterocycles. The third kappa shape index (κ3) is 4.46. The van der Waals surface area contributed by atoms with Crippen molar-refractivity contribution in [3.05, 3.63) is 53.7 Å². The van der Waals surface area contributed by atoms with Gasteiger partial charge >= 0.3 is 0 Å². The van der Waals surface area contributed by atoms with Gasteiger partial charge in [0.15, 0.2) is 0 Å². The highest BCUT2D eigenvalue weighted by atomic mass is 16.5. The van der Waals surface area contributed by atoms with E-state index in [4.69, 9.17) is 9.84 Å². The zero-order valence-electron chi connectivity index (χ0n) is 16.3. The predicted octanol–water partition coefficient (Wildman–Crippen LogP) is 3.32. The highest BCUT2D eigenvalue weighted by Crippen LogP contribution is 2.23. The minimum atomic E-state index is 0.0355. The van der Waals surface area contributed by atoms with Crippen molar-refractivity contribution >= 4 is 16.6 Å². The molecular formula is C22H28N4O2. The molecule has 0 spiro atoms. The maximum absolute atomic E-state index is 9.00. The zero-order valence-corrected chi connectivity index (χ0v) is 16.3. The normalized spacial score (nSPS) is 17.7. The van der Waals surface area contributed by atoms with Crippen LogP contribution in [0.1, 0.15) is 24.0 Å². The summed E-state index contributed by atoms with van der Waals surface area (Å²) in [5.41, 5.74) is 4.56. The Balaban J connectivity index is 1.38. The van der Waals surface area contributed by atoms with E-state index in [9.17, 15) is 0 Å². The number of nitrogens with zero attached hydrogens (tertiary/aromatic N) is 2. The van der Waals surface area contributed by atoms with Crippen molar-refractivity contribution in [1.82, 2.24) is 15.1 Å². The molecule has 6 nitrogen and oxygen atoms in total. The van der Waals surface area contributed by atoms with Gasteiger partial charge < -0.3 is 15.2 Å². The molecule has 0 aliphatic carbocycles. The summed E-state index contributed by atoms with van der Waals surface area (Å²) in [5, 5.41) is 20.9. The molecule has 0 unspecified atom stereocenters. The van der Waals surface area contributed by atoms with Crippen LogP contribution in [0.25, 0.3) is 10.9 Å². The van der Waals surface area contributed by atoms with Crippen molar-refractivity contribution in [3.8, 4) is 5.75 Å². The molecule has 2 aromatic carbocycles. The second-order valence-corrected chi connectivity index (χ2v) is 7.56. The summed E-state index contributed by atoms with van der Waals surface area (Å²) in [6.45, 7) is 5.45. The number of benzene rings is 2. The Bertz CT molecular complexity index is 924. The number of nitrogens with one attached hydrogen (secondary N) is 2. The lowest BCUT2D eigenvalue weighted by Crippen LogP contribution is -2.41. The Morgan fingerprint density at radius 3 is 3.11 bits per heavy atom. The molecule has 4 rings (SSSR count). The van der Waals surface area contributed by atoms with Gasteiger partial charge in [-0.2, -0.15) is 5.10 Å². The summed E-state index contributed by atoms with van der Waals surface area (Å²) in [6, 6.07) is 13.2. The van der Waals surface area contributed by atoms with Crippen molar-refractivity contribution in [3.63, 3.8) is 0 Å². The first-order valence-electron chi connectivity index (χ1n) is 9.96. The first-order valence-corrected chi connectivity index (χ1v) is 9.96. The van der Waals surface area contributed by atoms with E-state index in [1.165, 1.54) is 18.4 Å². The van der Waals surface area contributed by atoms with E-state index < -0.39 is 0 Å². The van der Waals surface area contributed by atoms with Gasteiger partial charge in [-0.25, -0.2) is 0 Å². The maximum Gasteiger partial charge on any atom is 0.122 e. The van der Waals surface area contributed by atoms with Crippen LogP contribution in [0.4, 0.5) is 5.69 Å². The number of ether oxygens (including phenoxy) is 1. The van der Waals surface area contributed by atoms with Gasteiger partial charge in [0.25, 0.3) is 0 Å². The molecule has 148 valence electrons. The summed E-state index contributed by atoms with van der Waals surface area (Å²) >= 11 is 0. The fourth-order valence-corrected chi connectivity index (χ4v) is 3.90.